The summed E-state index contributed by atoms with van der Waals surface area (Å²) < 4.78 is 5.09. The Morgan fingerprint density at radius 1 is 1.50 bits per heavy atom. The molecule has 0 saturated carbocycles. The van der Waals surface area contributed by atoms with Gasteiger partial charge in [0.2, 0.25) is 0 Å². The van der Waals surface area contributed by atoms with Crippen molar-refractivity contribution in [3.8, 4) is 6.07 Å². The molecule has 2 aromatic rings. The fourth-order valence-electron chi connectivity index (χ4n) is 1.40. The summed E-state index contributed by atoms with van der Waals surface area (Å²) in [7, 11) is 0. The molecule has 0 saturated heterocycles. The van der Waals surface area contributed by atoms with Crippen LogP contribution in [0.3, 0.4) is 0 Å². The first-order valence-electron chi connectivity index (χ1n) is 5.50. The summed E-state index contributed by atoms with van der Waals surface area (Å²) >= 11 is 2.84. The van der Waals surface area contributed by atoms with Gasteiger partial charge in [-0.15, -0.1) is 0 Å². The first kappa shape index (κ1) is 13.0. The van der Waals surface area contributed by atoms with Gasteiger partial charge in [-0.3, -0.25) is 0 Å². The van der Waals surface area contributed by atoms with E-state index in [2.05, 4.69) is 15.4 Å². The van der Waals surface area contributed by atoms with E-state index >= 15 is 0 Å². The molecule has 0 atom stereocenters. The van der Waals surface area contributed by atoms with Crippen LogP contribution in [-0.4, -0.2) is 9.36 Å². The maximum atomic E-state index is 9.13. The molecule has 0 aliphatic heterocycles. The predicted octanol–water partition coefficient (Wildman–Crippen LogP) is 2.58. The summed E-state index contributed by atoms with van der Waals surface area (Å²) in [5.74, 6) is 0.847. The smallest absolute Gasteiger partial charge is 0.174 e. The number of nitrogens with two attached hydrogens (primary N) is 1. The van der Waals surface area contributed by atoms with E-state index in [1.54, 1.807) is 0 Å². The highest BCUT2D eigenvalue weighted by Crippen LogP contribution is 2.31. The van der Waals surface area contributed by atoms with Crippen molar-refractivity contribution in [2.24, 2.45) is 5.73 Å². The molecule has 2 N–H and O–H groups in total. The lowest BCUT2D eigenvalue weighted by molar-refractivity contribution is 0.971. The lowest BCUT2D eigenvalue weighted by Gasteiger charge is -2.03. The number of aromatic nitrogens is 2. The van der Waals surface area contributed by atoms with Crippen LogP contribution in [0.25, 0.3) is 0 Å². The molecule has 1 aromatic heterocycles. The first-order chi connectivity index (χ1) is 8.76. The molecule has 0 amide bonds. The monoisotopic (exact) mass is 276 g/mol. The number of hydrogen-bond acceptors (Lipinski definition) is 6. The van der Waals surface area contributed by atoms with Gasteiger partial charge in [0.05, 0.1) is 5.56 Å². The maximum Gasteiger partial charge on any atom is 0.174 e. The molecule has 1 heterocycles. The maximum absolute atomic E-state index is 9.13. The van der Waals surface area contributed by atoms with E-state index in [1.807, 2.05) is 25.1 Å². The second-order valence-electron chi connectivity index (χ2n) is 3.58. The molecule has 0 unspecified atom stereocenters. The SMILES string of the molecule is CCc1nsc(Sc2ccc(CN)cc2C#N)n1. The van der Waals surface area contributed by atoms with E-state index in [9.17, 15) is 0 Å². The Balaban J connectivity index is 2.26. The van der Waals surface area contributed by atoms with Gasteiger partial charge in [-0.25, -0.2) is 4.98 Å². The zero-order chi connectivity index (χ0) is 13.0. The first-order valence-corrected chi connectivity index (χ1v) is 7.09. The highest BCUT2D eigenvalue weighted by atomic mass is 32.2. The molecule has 2 rings (SSSR count). The van der Waals surface area contributed by atoms with Crippen LogP contribution in [0.4, 0.5) is 0 Å². The Hall–Kier alpha value is -1.42. The third-order valence-electron chi connectivity index (χ3n) is 2.36. The van der Waals surface area contributed by atoms with E-state index in [1.165, 1.54) is 23.3 Å². The zero-order valence-electron chi connectivity index (χ0n) is 9.88. The summed E-state index contributed by atoms with van der Waals surface area (Å²) in [6.07, 6.45) is 0.828. The van der Waals surface area contributed by atoms with Gasteiger partial charge in [-0.2, -0.15) is 9.64 Å². The summed E-state index contributed by atoms with van der Waals surface area (Å²) in [6.45, 7) is 2.46. The molecule has 0 fully saturated rings. The standard InChI is InChI=1S/C12H12N4S2/c1-2-11-15-12(18-16-11)17-10-4-3-8(6-13)5-9(10)7-14/h3-5H,2,6,13H2,1H3. The minimum atomic E-state index is 0.443. The Labute approximate surface area is 114 Å². The second-order valence-corrected chi connectivity index (χ2v) is 5.62. The lowest BCUT2D eigenvalue weighted by atomic mass is 10.1. The van der Waals surface area contributed by atoms with Crippen molar-refractivity contribution >= 4 is 23.3 Å². The van der Waals surface area contributed by atoms with Crippen LogP contribution in [-0.2, 0) is 13.0 Å². The van der Waals surface area contributed by atoms with Gasteiger partial charge in [0.15, 0.2) is 4.34 Å². The minimum Gasteiger partial charge on any atom is -0.326 e. The number of nitriles is 1. The van der Waals surface area contributed by atoms with Crippen molar-refractivity contribution < 1.29 is 0 Å². The van der Waals surface area contributed by atoms with E-state index in [-0.39, 0.29) is 0 Å². The van der Waals surface area contributed by atoms with Crippen molar-refractivity contribution in [1.29, 1.82) is 5.26 Å². The number of benzene rings is 1. The summed E-state index contributed by atoms with van der Waals surface area (Å²) in [5.41, 5.74) is 7.16. The molecule has 0 spiro atoms. The third kappa shape index (κ3) is 2.88. The average Bonchev–Trinajstić information content (AvgIpc) is 2.87. The largest absolute Gasteiger partial charge is 0.326 e. The van der Waals surface area contributed by atoms with Crippen molar-refractivity contribution in [1.82, 2.24) is 9.36 Å². The van der Waals surface area contributed by atoms with E-state index in [0.717, 1.165) is 27.0 Å². The molecule has 0 aliphatic carbocycles. The molecule has 0 radical (unpaired) electrons. The van der Waals surface area contributed by atoms with Gasteiger partial charge in [0.25, 0.3) is 0 Å². The van der Waals surface area contributed by atoms with Crippen LogP contribution >= 0.6 is 23.3 Å². The normalized spacial score (nSPS) is 10.3. The van der Waals surface area contributed by atoms with Crippen LogP contribution in [0.2, 0.25) is 0 Å². The molecule has 1 aromatic carbocycles. The summed E-state index contributed by atoms with van der Waals surface area (Å²) in [4.78, 5) is 5.28. The minimum absolute atomic E-state index is 0.443. The Kier molecular flexibility index (Phi) is 4.31. The van der Waals surface area contributed by atoms with Crippen LogP contribution in [0, 0.1) is 11.3 Å². The van der Waals surface area contributed by atoms with Gasteiger partial charge in [-0.1, -0.05) is 24.8 Å². The number of hydrogen-bond donors (Lipinski definition) is 1. The fourth-order valence-corrected chi connectivity index (χ4v) is 3.12. The van der Waals surface area contributed by atoms with Crippen LogP contribution in [0.1, 0.15) is 23.9 Å². The summed E-state index contributed by atoms with van der Waals surface area (Å²) in [5, 5.41) is 9.13. The molecular formula is C12H12N4S2. The number of aryl methyl sites for hydroxylation is 1. The van der Waals surface area contributed by atoms with Gasteiger partial charge in [-0.05, 0) is 29.2 Å². The van der Waals surface area contributed by atoms with Crippen molar-refractivity contribution in [3.63, 3.8) is 0 Å². The van der Waals surface area contributed by atoms with Gasteiger partial charge in [0.1, 0.15) is 11.9 Å². The lowest BCUT2D eigenvalue weighted by Crippen LogP contribution is -1.96. The molecule has 92 valence electrons. The van der Waals surface area contributed by atoms with Crippen LogP contribution < -0.4 is 5.73 Å². The number of nitrogens with zero attached hydrogens (tertiary/aromatic N) is 3. The van der Waals surface area contributed by atoms with Gasteiger partial charge in [0, 0.05) is 17.9 Å². The fraction of sp³-hybridized carbons (Fsp3) is 0.250. The molecule has 0 aliphatic rings. The van der Waals surface area contributed by atoms with Crippen molar-refractivity contribution in [3.05, 3.63) is 35.2 Å². The average molecular weight is 276 g/mol. The van der Waals surface area contributed by atoms with Crippen molar-refractivity contribution in [2.45, 2.75) is 29.1 Å². The molecule has 18 heavy (non-hydrogen) atoms. The van der Waals surface area contributed by atoms with Crippen molar-refractivity contribution in [2.75, 3.05) is 0 Å². The van der Waals surface area contributed by atoms with Crippen LogP contribution in [0.5, 0.6) is 0 Å². The molecular weight excluding hydrogens is 264 g/mol. The van der Waals surface area contributed by atoms with Gasteiger partial charge < -0.3 is 5.73 Å². The Morgan fingerprint density at radius 2 is 2.33 bits per heavy atom. The quantitative estimate of drug-likeness (QED) is 0.929. The molecule has 4 nitrogen and oxygen atoms in total. The summed E-state index contributed by atoms with van der Waals surface area (Å²) in [6, 6.07) is 7.87. The van der Waals surface area contributed by atoms with Crippen LogP contribution in [0.15, 0.2) is 27.4 Å². The second kappa shape index (κ2) is 5.96. The van der Waals surface area contributed by atoms with E-state index in [0.29, 0.717) is 12.1 Å². The topological polar surface area (TPSA) is 75.6 Å². The van der Waals surface area contributed by atoms with Gasteiger partial charge >= 0.3 is 0 Å². The third-order valence-corrected chi connectivity index (χ3v) is 4.23. The molecule has 6 heteroatoms. The van der Waals surface area contributed by atoms with E-state index < -0.39 is 0 Å². The zero-order valence-corrected chi connectivity index (χ0v) is 11.5. The predicted molar refractivity (Wildman–Crippen MR) is 72.5 cm³/mol. The van der Waals surface area contributed by atoms with E-state index in [4.69, 9.17) is 11.0 Å². The molecule has 0 bridgehead atoms. The Morgan fingerprint density at radius 3 is 2.94 bits per heavy atom. The Bertz CT molecular complexity index is 586. The highest BCUT2D eigenvalue weighted by molar-refractivity contribution is 8.01. The number of rotatable bonds is 4. The highest BCUT2D eigenvalue weighted by Gasteiger charge is 2.09.